The molecule has 0 aliphatic heterocycles. The van der Waals surface area contributed by atoms with Crippen LogP contribution in [0.4, 0.5) is 0 Å². The summed E-state index contributed by atoms with van der Waals surface area (Å²) in [5, 5.41) is 14.3. The van der Waals surface area contributed by atoms with E-state index in [1.54, 1.807) is 12.1 Å². The first kappa shape index (κ1) is 17.7. The molecule has 1 saturated carbocycles. The van der Waals surface area contributed by atoms with E-state index in [0.717, 1.165) is 51.6 Å². The number of fused-ring (bicyclic) bond motifs is 1. The Kier molecular flexibility index (Phi) is 4.44. The van der Waals surface area contributed by atoms with Crippen molar-refractivity contribution >= 4 is 34.5 Å². The SMILES string of the molecule is Cc1cc(-c2cc(O)c3[nH]ccc3c2)c(C)cc1C=C(Cl)C(=O)NC1CC1. The van der Waals surface area contributed by atoms with Crippen molar-refractivity contribution in [1.82, 2.24) is 10.3 Å². The fraction of sp³-hybridized carbons (Fsp3) is 0.227. The summed E-state index contributed by atoms with van der Waals surface area (Å²) >= 11 is 6.20. The predicted octanol–water partition coefficient (Wildman–Crippen LogP) is 5.02. The summed E-state index contributed by atoms with van der Waals surface area (Å²) in [4.78, 5) is 15.1. The molecule has 0 unspecified atom stereocenters. The monoisotopic (exact) mass is 380 g/mol. The van der Waals surface area contributed by atoms with Gasteiger partial charge in [-0.25, -0.2) is 0 Å². The quantitative estimate of drug-likeness (QED) is 0.556. The number of aromatic amines is 1. The minimum atomic E-state index is -0.219. The molecule has 4 nitrogen and oxygen atoms in total. The lowest BCUT2D eigenvalue weighted by Crippen LogP contribution is -2.25. The number of H-pyrrole nitrogens is 1. The summed E-state index contributed by atoms with van der Waals surface area (Å²) in [5.41, 5.74) is 5.71. The Morgan fingerprint density at radius 1 is 1.22 bits per heavy atom. The molecule has 1 aliphatic rings. The van der Waals surface area contributed by atoms with E-state index in [9.17, 15) is 9.90 Å². The Hall–Kier alpha value is -2.72. The van der Waals surface area contributed by atoms with Crippen molar-refractivity contribution in [3.8, 4) is 16.9 Å². The molecule has 27 heavy (non-hydrogen) atoms. The fourth-order valence-corrected chi connectivity index (χ4v) is 3.47. The lowest BCUT2D eigenvalue weighted by Gasteiger charge is -2.12. The minimum absolute atomic E-state index is 0.198. The van der Waals surface area contributed by atoms with Gasteiger partial charge in [0.1, 0.15) is 10.8 Å². The number of aryl methyl sites for hydroxylation is 2. The summed E-state index contributed by atoms with van der Waals surface area (Å²) in [5.74, 6) is 0.0106. The molecule has 1 heterocycles. The van der Waals surface area contributed by atoms with Crippen LogP contribution in [0.2, 0.25) is 0 Å². The predicted molar refractivity (Wildman–Crippen MR) is 110 cm³/mol. The number of rotatable bonds is 4. The zero-order chi connectivity index (χ0) is 19.1. The van der Waals surface area contributed by atoms with Crippen LogP contribution in [0, 0.1) is 13.8 Å². The molecule has 1 aliphatic carbocycles. The zero-order valence-corrected chi connectivity index (χ0v) is 16.0. The van der Waals surface area contributed by atoms with Crippen molar-refractivity contribution < 1.29 is 9.90 Å². The van der Waals surface area contributed by atoms with Crippen molar-refractivity contribution in [2.45, 2.75) is 32.7 Å². The second-order valence-electron chi connectivity index (χ2n) is 7.20. The molecule has 3 N–H and O–H groups in total. The van der Waals surface area contributed by atoms with Crippen molar-refractivity contribution in [3.05, 3.63) is 58.3 Å². The highest BCUT2D eigenvalue weighted by Crippen LogP contribution is 2.34. The maximum absolute atomic E-state index is 12.1. The standard InChI is InChI=1S/C22H21ClN2O2/c1-12-8-18(16-9-14-5-6-24-21(14)20(26)11-16)13(2)7-15(12)10-19(23)22(27)25-17-3-4-17/h5-11,17,24,26H,3-4H2,1-2H3,(H,25,27). The molecule has 0 spiro atoms. The topological polar surface area (TPSA) is 65.1 Å². The number of aromatic hydroxyl groups is 1. The number of amides is 1. The number of aromatic nitrogens is 1. The number of halogens is 1. The number of carbonyl (C=O) groups excluding carboxylic acids is 1. The van der Waals surface area contributed by atoms with E-state index in [1.165, 1.54) is 0 Å². The molecule has 0 atom stereocenters. The normalized spacial score (nSPS) is 14.6. The lowest BCUT2D eigenvalue weighted by molar-refractivity contribution is -0.116. The average molecular weight is 381 g/mol. The molecule has 138 valence electrons. The first-order valence-corrected chi connectivity index (χ1v) is 9.40. The first-order valence-electron chi connectivity index (χ1n) is 9.02. The van der Waals surface area contributed by atoms with E-state index < -0.39 is 0 Å². The van der Waals surface area contributed by atoms with Crippen LogP contribution in [0.5, 0.6) is 5.75 Å². The van der Waals surface area contributed by atoms with Gasteiger partial charge in [-0.1, -0.05) is 23.7 Å². The van der Waals surface area contributed by atoms with Gasteiger partial charge in [-0.2, -0.15) is 0 Å². The van der Waals surface area contributed by atoms with Gasteiger partial charge in [0, 0.05) is 17.6 Å². The Morgan fingerprint density at radius 2 is 2.00 bits per heavy atom. The molecular weight excluding hydrogens is 360 g/mol. The third-order valence-corrected chi connectivity index (χ3v) is 5.26. The van der Waals surface area contributed by atoms with Crippen LogP contribution in [0.15, 0.2) is 41.6 Å². The largest absolute Gasteiger partial charge is 0.506 e. The Balaban J connectivity index is 1.69. The van der Waals surface area contributed by atoms with Gasteiger partial charge in [0.2, 0.25) is 0 Å². The van der Waals surface area contributed by atoms with E-state index in [2.05, 4.69) is 22.4 Å². The highest BCUT2D eigenvalue weighted by molar-refractivity contribution is 6.44. The number of phenols is 1. The molecule has 1 amide bonds. The molecule has 5 heteroatoms. The van der Waals surface area contributed by atoms with Gasteiger partial charge >= 0.3 is 0 Å². The molecule has 1 fully saturated rings. The van der Waals surface area contributed by atoms with Crippen LogP contribution in [0.25, 0.3) is 28.1 Å². The molecular formula is C22H21ClN2O2. The summed E-state index contributed by atoms with van der Waals surface area (Å²) < 4.78 is 0. The van der Waals surface area contributed by atoms with Gasteiger partial charge < -0.3 is 15.4 Å². The van der Waals surface area contributed by atoms with Crippen LogP contribution in [0.3, 0.4) is 0 Å². The molecule has 0 saturated heterocycles. The van der Waals surface area contributed by atoms with Crippen LogP contribution in [-0.2, 0) is 4.79 Å². The first-order chi connectivity index (χ1) is 12.9. The number of hydrogen-bond donors (Lipinski definition) is 3. The van der Waals surface area contributed by atoms with Crippen LogP contribution in [0.1, 0.15) is 29.5 Å². The maximum atomic E-state index is 12.1. The third kappa shape index (κ3) is 3.58. The number of phenolic OH excluding ortho intramolecular Hbond substituents is 1. The summed E-state index contributed by atoms with van der Waals surface area (Å²) in [6.45, 7) is 4.01. The fourth-order valence-electron chi connectivity index (χ4n) is 3.30. The second-order valence-corrected chi connectivity index (χ2v) is 7.61. The Bertz CT molecular complexity index is 1080. The number of carbonyl (C=O) groups is 1. The number of benzene rings is 2. The number of nitrogens with one attached hydrogen (secondary N) is 2. The van der Waals surface area contributed by atoms with E-state index in [0.29, 0.717) is 0 Å². The minimum Gasteiger partial charge on any atom is -0.506 e. The van der Waals surface area contributed by atoms with Crippen LogP contribution >= 0.6 is 11.6 Å². The number of hydrogen-bond acceptors (Lipinski definition) is 2. The molecule has 0 radical (unpaired) electrons. The van der Waals surface area contributed by atoms with Gasteiger partial charge in [0.05, 0.1) is 5.52 Å². The van der Waals surface area contributed by atoms with Gasteiger partial charge in [-0.15, -0.1) is 0 Å². The third-order valence-electron chi connectivity index (χ3n) is 4.97. The smallest absolute Gasteiger partial charge is 0.263 e. The summed E-state index contributed by atoms with van der Waals surface area (Å²) in [6, 6.07) is 10.1. The van der Waals surface area contributed by atoms with Crippen molar-refractivity contribution in [2.75, 3.05) is 0 Å². The van der Waals surface area contributed by atoms with Gasteiger partial charge in [0.15, 0.2) is 0 Å². The highest BCUT2D eigenvalue weighted by atomic mass is 35.5. The zero-order valence-electron chi connectivity index (χ0n) is 15.3. The summed E-state index contributed by atoms with van der Waals surface area (Å²) in [7, 11) is 0. The van der Waals surface area contributed by atoms with Gasteiger partial charge in [-0.3, -0.25) is 4.79 Å². The van der Waals surface area contributed by atoms with E-state index in [1.807, 2.05) is 32.2 Å². The van der Waals surface area contributed by atoms with Crippen molar-refractivity contribution in [1.29, 1.82) is 0 Å². The van der Waals surface area contributed by atoms with Gasteiger partial charge in [0.25, 0.3) is 5.91 Å². The molecule has 2 aromatic carbocycles. The summed E-state index contributed by atoms with van der Waals surface area (Å²) in [6.07, 6.45) is 5.59. The van der Waals surface area contributed by atoms with Crippen molar-refractivity contribution in [3.63, 3.8) is 0 Å². The molecule has 1 aromatic heterocycles. The maximum Gasteiger partial charge on any atom is 0.263 e. The Labute approximate surface area is 162 Å². The van der Waals surface area contributed by atoms with Crippen molar-refractivity contribution in [2.24, 2.45) is 0 Å². The van der Waals surface area contributed by atoms with Crippen LogP contribution in [-0.4, -0.2) is 22.0 Å². The molecule has 0 bridgehead atoms. The Morgan fingerprint density at radius 3 is 2.74 bits per heavy atom. The van der Waals surface area contributed by atoms with E-state index in [-0.39, 0.29) is 22.7 Å². The highest BCUT2D eigenvalue weighted by Gasteiger charge is 2.24. The second kappa shape index (κ2) is 6.78. The van der Waals surface area contributed by atoms with Gasteiger partial charge in [-0.05, 0) is 78.8 Å². The average Bonchev–Trinajstić information content (AvgIpc) is 3.30. The van der Waals surface area contributed by atoms with E-state index in [4.69, 9.17) is 11.6 Å². The molecule has 3 aromatic rings. The van der Waals surface area contributed by atoms with Crippen LogP contribution < -0.4 is 5.32 Å². The molecule has 4 rings (SSSR count). The lowest BCUT2D eigenvalue weighted by atomic mass is 9.94. The van der Waals surface area contributed by atoms with E-state index >= 15 is 0 Å².